The van der Waals surface area contributed by atoms with Crippen molar-refractivity contribution < 1.29 is 14.3 Å². The molecule has 0 spiro atoms. The van der Waals surface area contributed by atoms with Crippen LogP contribution in [0.25, 0.3) is 22.0 Å². The monoisotopic (exact) mass is 445 g/mol. The van der Waals surface area contributed by atoms with Crippen LogP contribution in [-0.2, 0) is 4.79 Å². The van der Waals surface area contributed by atoms with E-state index in [2.05, 4.69) is 27.3 Å². The van der Waals surface area contributed by atoms with Crippen molar-refractivity contribution in [3.63, 3.8) is 0 Å². The number of rotatable bonds is 4. The Kier molecular flexibility index (Phi) is 5.00. The van der Waals surface area contributed by atoms with Crippen LogP contribution in [0, 0.1) is 6.92 Å². The highest BCUT2D eigenvalue weighted by atomic mass is 16.6. The van der Waals surface area contributed by atoms with Crippen molar-refractivity contribution in [1.29, 1.82) is 0 Å². The summed E-state index contributed by atoms with van der Waals surface area (Å²) in [6.45, 7) is 3.95. The molecule has 1 saturated carbocycles. The summed E-state index contributed by atoms with van der Waals surface area (Å²) in [4.78, 5) is 28.0. The third-order valence-electron chi connectivity index (χ3n) is 6.93. The molecule has 1 amide bonds. The number of hydrogen-bond acceptors (Lipinski definition) is 7. The summed E-state index contributed by atoms with van der Waals surface area (Å²) < 4.78 is 11.5. The Morgan fingerprint density at radius 2 is 2.03 bits per heavy atom. The van der Waals surface area contributed by atoms with Gasteiger partial charge in [-0.1, -0.05) is 6.07 Å². The number of hydrogen-bond donors (Lipinski definition) is 1. The Bertz CT molecular complexity index is 1230. The average Bonchev–Trinajstić information content (AvgIpc) is 3.47. The van der Waals surface area contributed by atoms with E-state index in [1.807, 2.05) is 19.1 Å². The molecular weight excluding hydrogens is 418 g/mol. The van der Waals surface area contributed by atoms with Crippen LogP contribution in [-0.4, -0.2) is 57.6 Å². The van der Waals surface area contributed by atoms with Crippen LogP contribution < -0.4 is 14.8 Å². The summed E-state index contributed by atoms with van der Waals surface area (Å²) in [6.07, 6.45) is 6.47. The van der Waals surface area contributed by atoms with E-state index in [0.29, 0.717) is 55.2 Å². The normalized spacial score (nSPS) is 22.2. The largest absolute Gasteiger partial charge is 0.484 e. The van der Waals surface area contributed by atoms with Crippen LogP contribution in [0.4, 0.5) is 5.95 Å². The predicted octanol–water partition coefficient (Wildman–Crippen LogP) is 3.73. The summed E-state index contributed by atoms with van der Waals surface area (Å²) >= 11 is 0. The first kappa shape index (κ1) is 20.2. The first-order valence-electron chi connectivity index (χ1n) is 11.7. The number of fused-ring (bicyclic) bond motifs is 2. The minimum atomic E-state index is 0.292. The molecule has 0 unspecified atom stereocenters. The standard InChI is InChI=1S/C25H27N5O3/c1-15-20-13-16(19-8-9-26-24-23(19)32-11-12-33-24)4-7-21(20)29-25(27-15)28-17-5-6-18(14-17)30-10-2-3-22(30)31/h4,7-9,13,17-18H,2-3,5-6,10-12,14H2,1H3,(H,27,28,29)/t17-,18+/m1/s1. The maximum absolute atomic E-state index is 12.1. The highest BCUT2D eigenvalue weighted by Crippen LogP contribution is 2.39. The second-order valence-corrected chi connectivity index (χ2v) is 9.05. The molecule has 1 aromatic carbocycles. The molecule has 1 N–H and O–H groups in total. The molecule has 170 valence electrons. The summed E-state index contributed by atoms with van der Waals surface area (Å²) in [5.41, 5.74) is 3.80. The minimum absolute atomic E-state index is 0.292. The zero-order valence-corrected chi connectivity index (χ0v) is 18.7. The third-order valence-corrected chi connectivity index (χ3v) is 6.93. The fourth-order valence-corrected chi connectivity index (χ4v) is 5.30. The number of nitrogens with one attached hydrogen (secondary N) is 1. The lowest BCUT2D eigenvalue weighted by atomic mass is 10.0. The molecule has 2 fully saturated rings. The number of nitrogens with zero attached hydrogens (tertiary/aromatic N) is 4. The SMILES string of the molecule is Cc1nc(N[C@@H]2CC[C@H](N3CCCC3=O)C2)nc2ccc(-c3ccnc4c3OCCO4)cc12. The highest BCUT2D eigenvalue weighted by Gasteiger charge is 2.34. The van der Waals surface area contributed by atoms with Crippen molar-refractivity contribution in [3.8, 4) is 22.8 Å². The molecular formula is C25H27N5O3. The van der Waals surface area contributed by atoms with Gasteiger partial charge in [-0.3, -0.25) is 4.79 Å². The molecule has 2 aromatic heterocycles. The number of carbonyl (C=O) groups is 1. The number of carbonyl (C=O) groups excluding carboxylic acids is 1. The second-order valence-electron chi connectivity index (χ2n) is 9.05. The number of benzene rings is 1. The van der Waals surface area contributed by atoms with Crippen LogP contribution >= 0.6 is 0 Å². The number of anilines is 1. The Balaban J connectivity index is 1.24. The fraction of sp³-hybridized carbons (Fsp3) is 0.440. The van der Waals surface area contributed by atoms with Crippen molar-refractivity contribution in [1.82, 2.24) is 19.9 Å². The molecule has 1 saturated heterocycles. The van der Waals surface area contributed by atoms with E-state index in [1.54, 1.807) is 6.20 Å². The van der Waals surface area contributed by atoms with Gasteiger partial charge in [-0.15, -0.1) is 0 Å². The number of pyridine rings is 1. The van der Waals surface area contributed by atoms with Gasteiger partial charge < -0.3 is 19.7 Å². The summed E-state index contributed by atoms with van der Waals surface area (Å²) in [5.74, 6) is 2.19. The van der Waals surface area contributed by atoms with Gasteiger partial charge >= 0.3 is 0 Å². The molecule has 0 bridgehead atoms. The summed E-state index contributed by atoms with van der Waals surface area (Å²) in [5, 5.41) is 4.53. The zero-order valence-electron chi connectivity index (χ0n) is 18.7. The number of amides is 1. The molecule has 4 heterocycles. The topological polar surface area (TPSA) is 89.5 Å². The minimum Gasteiger partial charge on any atom is -0.484 e. The van der Waals surface area contributed by atoms with Crippen molar-refractivity contribution in [2.24, 2.45) is 0 Å². The first-order chi connectivity index (χ1) is 16.2. The van der Waals surface area contributed by atoms with Crippen LogP contribution in [0.5, 0.6) is 11.6 Å². The quantitative estimate of drug-likeness (QED) is 0.654. The number of likely N-dealkylation sites (tertiary alicyclic amines) is 1. The molecule has 0 radical (unpaired) electrons. The molecule has 8 nitrogen and oxygen atoms in total. The lowest BCUT2D eigenvalue weighted by Gasteiger charge is -2.24. The van der Waals surface area contributed by atoms with Gasteiger partial charge in [0.2, 0.25) is 11.9 Å². The maximum Gasteiger partial charge on any atom is 0.257 e. The van der Waals surface area contributed by atoms with Crippen LogP contribution in [0.1, 0.15) is 37.8 Å². The zero-order chi connectivity index (χ0) is 22.4. The maximum atomic E-state index is 12.1. The van der Waals surface area contributed by atoms with Crippen molar-refractivity contribution in [3.05, 3.63) is 36.2 Å². The summed E-state index contributed by atoms with van der Waals surface area (Å²) in [6, 6.07) is 8.77. The Morgan fingerprint density at radius 1 is 1.12 bits per heavy atom. The number of aromatic nitrogens is 3. The molecule has 2 atom stereocenters. The Morgan fingerprint density at radius 3 is 2.91 bits per heavy atom. The van der Waals surface area contributed by atoms with E-state index in [0.717, 1.165) is 60.0 Å². The van der Waals surface area contributed by atoms with Gasteiger partial charge in [-0.05, 0) is 56.4 Å². The van der Waals surface area contributed by atoms with Gasteiger partial charge in [0.25, 0.3) is 5.88 Å². The van der Waals surface area contributed by atoms with Gasteiger partial charge in [0, 0.05) is 42.2 Å². The van der Waals surface area contributed by atoms with Gasteiger partial charge in [0.1, 0.15) is 13.2 Å². The third kappa shape index (κ3) is 3.73. The lowest BCUT2D eigenvalue weighted by Crippen LogP contribution is -2.35. The first-order valence-corrected chi connectivity index (χ1v) is 11.7. The van der Waals surface area contributed by atoms with Gasteiger partial charge in [0.05, 0.1) is 11.2 Å². The van der Waals surface area contributed by atoms with Crippen molar-refractivity contribution >= 4 is 22.8 Å². The van der Waals surface area contributed by atoms with E-state index in [1.165, 1.54) is 0 Å². The molecule has 2 aliphatic heterocycles. The van der Waals surface area contributed by atoms with E-state index in [4.69, 9.17) is 19.4 Å². The van der Waals surface area contributed by atoms with Gasteiger partial charge in [-0.25, -0.2) is 15.0 Å². The molecule has 1 aliphatic carbocycles. The van der Waals surface area contributed by atoms with E-state index in [-0.39, 0.29) is 0 Å². The smallest absolute Gasteiger partial charge is 0.257 e. The molecule has 3 aromatic rings. The fourth-order valence-electron chi connectivity index (χ4n) is 5.30. The lowest BCUT2D eigenvalue weighted by molar-refractivity contribution is -0.129. The Labute approximate surface area is 192 Å². The van der Waals surface area contributed by atoms with Crippen LogP contribution in [0.15, 0.2) is 30.5 Å². The highest BCUT2D eigenvalue weighted by molar-refractivity contribution is 5.88. The van der Waals surface area contributed by atoms with Gasteiger partial charge in [0.15, 0.2) is 5.75 Å². The summed E-state index contributed by atoms with van der Waals surface area (Å²) in [7, 11) is 0. The van der Waals surface area contributed by atoms with E-state index >= 15 is 0 Å². The predicted molar refractivity (Wildman–Crippen MR) is 124 cm³/mol. The van der Waals surface area contributed by atoms with Crippen molar-refractivity contribution in [2.45, 2.75) is 51.1 Å². The van der Waals surface area contributed by atoms with Crippen LogP contribution in [0.2, 0.25) is 0 Å². The van der Waals surface area contributed by atoms with E-state index < -0.39 is 0 Å². The molecule has 6 rings (SSSR count). The van der Waals surface area contributed by atoms with Crippen molar-refractivity contribution in [2.75, 3.05) is 25.1 Å². The average molecular weight is 446 g/mol. The van der Waals surface area contributed by atoms with E-state index in [9.17, 15) is 4.79 Å². The van der Waals surface area contributed by atoms with Crippen LogP contribution in [0.3, 0.4) is 0 Å². The number of aryl methyl sites for hydroxylation is 1. The van der Waals surface area contributed by atoms with Gasteiger partial charge in [-0.2, -0.15) is 0 Å². The Hall–Kier alpha value is -3.42. The molecule has 33 heavy (non-hydrogen) atoms. The molecule has 3 aliphatic rings. The second kappa shape index (κ2) is 8.17. The number of ether oxygens (including phenoxy) is 2. The molecule has 8 heteroatoms.